The van der Waals surface area contributed by atoms with Gasteiger partial charge in [-0.05, 0) is 37.0 Å². The second kappa shape index (κ2) is 7.05. The van der Waals surface area contributed by atoms with E-state index < -0.39 is 0 Å². The van der Waals surface area contributed by atoms with Gasteiger partial charge in [-0.25, -0.2) is 4.98 Å². The highest BCUT2D eigenvalue weighted by molar-refractivity contribution is 7.10. The highest BCUT2D eigenvalue weighted by Gasteiger charge is 2.05. The highest BCUT2D eigenvalue weighted by Crippen LogP contribution is 2.22. The number of allylic oxidation sites excluding steroid dienone is 1. The zero-order chi connectivity index (χ0) is 15.2. The molecule has 3 nitrogen and oxygen atoms in total. The Morgan fingerprint density at radius 1 is 1.43 bits per heavy atom. The quantitative estimate of drug-likeness (QED) is 0.795. The summed E-state index contributed by atoms with van der Waals surface area (Å²) in [6, 6.07) is 10.5. The van der Waals surface area contributed by atoms with Crippen LogP contribution >= 0.6 is 11.3 Å². The van der Waals surface area contributed by atoms with Crippen molar-refractivity contribution in [3.05, 3.63) is 52.1 Å². The average Bonchev–Trinajstić information content (AvgIpc) is 2.94. The molecule has 0 spiro atoms. The van der Waals surface area contributed by atoms with E-state index in [4.69, 9.17) is 0 Å². The molecule has 0 unspecified atom stereocenters. The second-order valence-electron chi connectivity index (χ2n) is 5.04. The molecule has 1 heterocycles. The monoisotopic (exact) mass is 297 g/mol. The molecule has 1 aromatic heterocycles. The number of nitrogens with zero attached hydrogens (tertiary/aromatic N) is 2. The van der Waals surface area contributed by atoms with Crippen LogP contribution in [0.5, 0.6) is 0 Å². The van der Waals surface area contributed by atoms with Crippen LogP contribution in [0.3, 0.4) is 0 Å². The number of aryl methyl sites for hydroxylation is 1. The largest absolute Gasteiger partial charge is 0.360 e. The van der Waals surface area contributed by atoms with E-state index in [2.05, 4.69) is 42.4 Å². The molecule has 0 aliphatic heterocycles. The summed E-state index contributed by atoms with van der Waals surface area (Å²) in [4.78, 5) is 4.33. The molecule has 1 aromatic carbocycles. The molecule has 2 aromatic rings. The van der Waals surface area contributed by atoms with Crippen LogP contribution in [0.2, 0.25) is 0 Å². The predicted molar refractivity (Wildman–Crippen MR) is 89.2 cm³/mol. The van der Waals surface area contributed by atoms with E-state index in [-0.39, 0.29) is 0 Å². The Kier molecular flexibility index (Phi) is 5.13. The minimum atomic E-state index is 0.555. The number of nitrogens with one attached hydrogen (secondary N) is 1. The van der Waals surface area contributed by atoms with Crippen molar-refractivity contribution in [2.75, 3.05) is 5.32 Å². The first-order valence-electron chi connectivity index (χ1n) is 7.03. The molecule has 0 radical (unpaired) electrons. The average molecular weight is 297 g/mol. The Hall–Kier alpha value is -2.12. The number of hydrogen-bond donors (Lipinski definition) is 1. The van der Waals surface area contributed by atoms with Gasteiger partial charge in [0.15, 0.2) is 0 Å². The lowest BCUT2D eigenvalue weighted by Crippen LogP contribution is -1.94. The van der Waals surface area contributed by atoms with Crippen LogP contribution in [0.25, 0.3) is 5.57 Å². The number of benzene rings is 1. The summed E-state index contributed by atoms with van der Waals surface area (Å²) in [5, 5.41) is 15.1. The van der Waals surface area contributed by atoms with Gasteiger partial charge < -0.3 is 5.32 Å². The molecular formula is C17H19N3S. The van der Waals surface area contributed by atoms with Gasteiger partial charge >= 0.3 is 0 Å². The van der Waals surface area contributed by atoms with Crippen molar-refractivity contribution >= 4 is 22.6 Å². The number of nitriles is 1. The summed E-state index contributed by atoms with van der Waals surface area (Å²) in [5.41, 5.74) is 3.80. The van der Waals surface area contributed by atoms with E-state index in [1.807, 2.05) is 24.4 Å². The van der Waals surface area contributed by atoms with Crippen molar-refractivity contribution < 1.29 is 0 Å². The van der Waals surface area contributed by atoms with Crippen LogP contribution in [0.1, 0.15) is 42.5 Å². The Labute approximate surface area is 130 Å². The third-order valence-corrected chi connectivity index (χ3v) is 4.44. The van der Waals surface area contributed by atoms with Crippen LogP contribution < -0.4 is 5.32 Å². The number of anilines is 1. The van der Waals surface area contributed by atoms with E-state index in [1.165, 1.54) is 16.9 Å². The molecule has 0 aliphatic rings. The maximum absolute atomic E-state index is 9.22. The fraction of sp³-hybridized carbons (Fsp3) is 0.294. The van der Waals surface area contributed by atoms with Gasteiger partial charge in [0.25, 0.3) is 0 Å². The van der Waals surface area contributed by atoms with Crippen molar-refractivity contribution in [1.82, 2.24) is 4.98 Å². The topological polar surface area (TPSA) is 48.7 Å². The number of thiazole rings is 1. The Balaban J connectivity index is 2.10. The van der Waals surface area contributed by atoms with Crippen molar-refractivity contribution in [2.45, 2.75) is 33.1 Å². The van der Waals surface area contributed by atoms with Crippen LogP contribution in [0, 0.1) is 18.3 Å². The molecule has 0 amide bonds. The minimum Gasteiger partial charge on any atom is -0.360 e. The first-order chi connectivity index (χ1) is 10.1. The van der Waals surface area contributed by atoms with Crippen molar-refractivity contribution in [1.29, 1.82) is 5.26 Å². The van der Waals surface area contributed by atoms with Gasteiger partial charge in [-0.2, -0.15) is 5.26 Å². The van der Waals surface area contributed by atoms with Crippen LogP contribution in [-0.2, 0) is 0 Å². The molecule has 1 atom stereocenters. The summed E-state index contributed by atoms with van der Waals surface area (Å²) < 4.78 is 0. The van der Waals surface area contributed by atoms with E-state index in [0.29, 0.717) is 11.5 Å². The molecular weight excluding hydrogens is 278 g/mol. The first-order valence-corrected chi connectivity index (χ1v) is 7.91. The van der Waals surface area contributed by atoms with Gasteiger partial charge in [0.1, 0.15) is 16.6 Å². The molecule has 0 saturated carbocycles. The summed E-state index contributed by atoms with van der Waals surface area (Å²) in [6.07, 6.45) is 2.85. The number of aromatic nitrogens is 1. The van der Waals surface area contributed by atoms with Gasteiger partial charge in [0, 0.05) is 23.0 Å². The summed E-state index contributed by atoms with van der Waals surface area (Å²) >= 11 is 1.48. The van der Waals surface area contributed by atoms with E-state index in [1.54, 1.807) is 6.20 Å². The Morgan fingerprint density at radius 3 is 2.67 bits per heavy atom. The first kappa shape index (κ1) is 15.3. The van der Waals surface area contributed by atoms with Crippen molar-refractivity contribution in [3.8, 4) is 6.07 Å². The van der Waals surface area contributed by atoms with Gasteiger partial charge in [-0.15, -0.1) is 11.3 Å². The van der Waals surface area contributed by atoms with Crippen LogP contribution in [-0.4, -0.2) is 4.98 Å². The van der Waals surface area contributed by atoms with Crippen molar-refractivity contribution in [3.63, 3.8) is 0 Å². The third kappa shape index (κ3) is 3.93. The zero-order valence-electron chi connectivity index (χ0n) is 12.6. The van der Waals surface area contributed by atoms with E-state index in [0.717, 1.165) is 22.8 Å². The van der Waals surface area contributed by atoms with Crippen molar-refractivity contribution in [2.24, 2.45) is 0 Å². The Morgan fingerprint density at radius 2 is 2.14 bits per heavy atom. The Bertz CT molecular complexity index is 662. The van der Waals surface area contributed by atoms with E-state index in [9.17, 15) is 5.26 Å². The lowest BCUT2D eigenvalue weighted by atomic mass is 9.99. The van der Waals surface area contributed by atoms with Crippen LogP contribution in [0.15, 0.2) is 35.8 Å². The molecule has 2 rings (SSSR count). The third-order valence-electron chi connectivity index (χ3n) is 3.45. The zero-order valence-corrected chi connectivity index (χ0v) is 13.4. The summed E-state index contributed by atoms with van der Waals surface area (Å²) in [5.74, 6) is 0.572. The number of hydrogen-bond acceptors (Lipinski definition) is 4. The second-order valence-corrected chi connectivity index (χ2v) is 5.90. The van der Waals surface area contributed by atoms with Crippen LogP contribution in [0.4, 0.5) is 5.69 Å². The van der Waals surface area contributed by atoms with Gasteiger partial charge in [-0.1, -0.05) is 26.0 Å². The predicted octanol–water partition coefficient (Wildman–Crippen LogP) is 4.94. The lowest BCUT2D eigenvalue weighted by molar-refractivity contribution is 0.734. The molecule has 0 aliphatic carbocycles. The minimum absolute atomic E-state index is 0.555. The molecule has 4 heteroatoms. The maximum Gasteiger partial charge on any atom is 0.135 e. The van der Waals surface area contributed by atoms with E-state index >= 15 is 0 Å². The molecule has 21 heavy (non-hydrogen) atoms. The summed E-state index contributed by atoms with van der Waals surface area (Å²) in [7, 11) is 0. The molecule has 0 saturated heterocycles. The van der Waals surface area contributed by atoms with Gasteiger partial charge in [0.05, 0.1) is 0 Å². The standard InChI is InChI=1S/C17H19N3S/c1-4-12(2)14-5-7-16(8-6-14)19-10-15(9-18)17-20-13(3)11-21-17/h5-8,10-12,19H,4H2,1-3H3/b15-10+/t12-/m0/s1. The smallest absolute Gasteiger partial charge is 0.135 e. The molecule has 0 fully saturated rings. The van der Waals surface area contributed by atoms with Gasteiger partial charge in [-0.3, -0.25) is 0 Å². The molecule has 1 N–H and O–H groups in total. The fourth-order valence-corrected chi connectivity index (χ4v) is 2.68. The maximum atomic E-state index is 9.22. The fourth-order valence-electron chi connectivity index (χ4n) is 1.92. The highest BCUT2D eigenvalue weighted by atomic mass is 32.1. The van der Waals surface area contributed by atoms with Gasteiger partial charge in [0.2, 0.25) is 0 Å². The summed E-state index contributed by atoms with van der Waals surface area (Å²) in [6.45, 7) is 6.34. The normalized spacial score (nSPS) is 12.8. The molecule has 108 valence electrons. The molecule has 0 bridgehead atoms. The number of rotatable bonds is 5. The lowest BCUT2D eigenvalue weighted by Gasteiger charge is -2.09. The SMILES string of the molecule is CC[C@H](C)c1ccc(N/C=C(\C#N)c2nc(C)cs2)cc1.